The molecule has 0 aromatic carbocycles. The van der Waals surface area contributed by atoms with Gasteiger partial charge in [-0.3, -0.25) is 4.68 Å². The summed E-state index contributed by atoms with van der Waals surface area (Å²) in [6, 6.07) is 0. The predicted octanol–water partition coefficient (Wildman–Crippen LogP) is 2.01. The highest BCUT2D eigenvalue weighted by Gasteiger charge is 2.06. The van der Waals surface area contributed by atoms with Crippen molar-refractivity contribution in [2.24, 2.45) is 0 Å². The summed E-state index contributed by atoms with van der Waals surface area (Å²) in [6.07, 6.45) is 6.49. The van der Waals surface area contributed by atoms with Crippen LogP contribution in [0.1, 0.15) is 38.2 Å². The van der Waals surface area contributed by atoms with Gasteiger partial charge in [0.25, 0.3) is 0 Å². The Bertz CT molecular complexity index is 255. The molecule has 14 heavy (non-hydrogen) atoms. The van der Waals surface area contributed by atoms with E-state index in [1.807, 2.05) is 17.9 Å². The Balaban J connectivity index is 2.48. The van der Waals surface area contributed by atoms with Crippen LogP contribution < -0.4 is 5.32 Å². The molecule has 80 valence electrons. The zero-order valence-corrected chi connectivity index (χ0v) is 9.45. The van der Waals surface area contributed by atoms with Gasteiger partial charge in [0.2, 0.25) is 0 Å². The molecule has 1 aromatic rings. The number of hydrogen-bond acceptors (Lipinski definition) is 2. The fourth-order valence-corrected chi connectivity index (χ4v) is 1.51. The van der Waals surface area contributed by atoms with Gasteiger partial charge in [-0.2, -0.15) is 5.10 Å². The second-order valence-corrected chi connectivity index (χ2v) is 3.83. The molecule has 0 bridgehead atoms. The molecule has 1 N–H and O–H groups in total. The summed E-state index contributed by atoms with van der Waals surface area (Å²) in [5, 5.41) is 7.50. The first-order valence-electron chi connectivity index (χ1n) is 5.44. The fraction of sp³-hybridized carbons (Fsp3) is 0.727. The Morgan fingerprint density at radius 2 is 2.36 bits per heavy atom. The summed E-state index contributed by atoms with van der Waals surface area (Å²) in [5.74, 6) is 0.605. The second-order valence-electron chi connectivity index (χ2n) is 3.83. The zero-order valence-electron chi connectivity index (χ0n) is 9.45. The van der Waals surface area contributed by atoms with Crippen LogP contribution in [0.2, 0.25) is 0 Å². The monoisotopic (exact) mass is 195 g/mol. The van der Waals surface area contributed by atoms with E-state index in [0.717, 1.165) is 19.5 Å². The lowest BCUT2D eigenvalue weighted by molar-refractivity contribution is 0.598. The van der Waals surface area contributed by atoms with E-state index in [9.17, 15) is 0 Å². The maximum Gasteiger partial charge on any atom is 0.0524 e. The van der Waals surface area contributed by atoms with E-state index in [0.29, 0.717) is 5.92 Å². The van der Waals surface area contributed by atoms with Crippen molar-refractivity contribution in [2.45, 2.75) is 39.2 Å². The Morgan fingerprint density at radius 1 is 1.57 bits per heavy atom. The Kier molecular flexibility index (Phi) is 4.66. The molecule has 0 fully saturated rings. The van der Waals surface area contributed by atoms with Gasteiger partial charge in [0.15, 0.2) is 0 Å². The number of aryl methyl sites for hydroxylation is 1. The molecule has 0 saturated carbocycles. The molecular formula is C11H21N3. The highest BCUT2D eigenvalue weighted by Crippen LogP contribution is 2.17. The molecule has 0 aliphatic rings. The number of aromatic nitrogens is 2. The van der Waals surface area contributed by atoms with E-state index in [-0.39, 0.29) is 0 Å². The molecule has 1 heterocycles. The number of rotatable bonds is 6. The van der Waals surface area contributed by atoms with Crippen molar-refractivity contribution in [3.63, 3.8) is 0 Å². The molecule has 1 rings (SSSR count). The first kappa shape index (κ1) is 11.2. The minimum atomic E-state index is 0.605. The third-order valence-corrected chi connectivity index (χ3v) is 2.50. The molecule has 0 aliphatic carbocycles. The summed E-state index contributed by atoms with van der Waals surface area (Å²) in [6.45, 7) is 6.52. The third kappa shape index (κ3) is 3.14. The van der Waals surface area contributed by atoms with Crippen molar-refractivity contribution in [3.05, 3.63) is 18.0 Å². The molecule has 1 atom stereocenters. The lowest BCUT2D eigenvalue weighted by Crippen LogP contribution is -2.10. The molecule has 1 aromatic heterocycles. The number of hydrogen-bond donors (Lipinski definition) is 1. The normalized spacial score (nSPS) is 13.1. The van der Waals surface area contributed by atoms with Crippen LogP contribution in [-0.4, -0.2) is 23.4 Å². The number of nitrogens with zero attached hydrogens (tertiary/aromatic N) is 2. The quantitative estimate of drug-likeness (QED) is 0.752. The van der Waals surface area contributed by atoms with Crippen LogP contribution in [0.5, 0.6) is 0 Å². The van der Waals surface area contributed by atoms with Crippen LogP contribution in [0, 0.1) is 0 Å². The largest absolute Gasteiger partial charge is 0.320 e. The van der Waals surface area contributed by atoms with E-state index >= 15 is 0 Å². The first-order chi connectivity index (χ1) is 6.77. The van der Waals surface area contributed by atoms with Gasteiger partial charge in [-0.1, -0.05) is 13.8 Å². The topological polar surface area (TPSA) is 29.9 Å². The molecule has 3 heteroatoms. The highest BCUT2D eigenvalue weighted by molar-refractivity contribution is 5.09. The Morgan fingerprint density at radius 3 is 3.00 bits per heavy atom. The third-order valence-electron chi connectivity index (χ3n) is 2.50. The summed E-state index contributed by atoms with van der Waals surface area (Å²) in [5.41, 5.74) is 1.36. The smallest absolute Gasteiger partial charge is 0.0524 e. The molecule has 0 spiro atoms. The molecule has 3 nitrogen and oxygen atoms in total. The van der Waals surface area contributed by atoms with Gasteiger partial charge in [-0.25, -0.2) is 0 Å². The zero-order chi connectivity index (χ0) is 10.4. The van der Waals surface area contributed by atoms with E-state index in [4.69, 9.17) is 0 Å². The van der Waals surface area contributed by atoms with Gasteiger partial charge >= 0.3 is 0 Å². The maximum absolute atomic E-state index is 4.33. The molecule has 0 saturated heterocycles. The fourth-order valence-electron chi connectivity index (χ4n) is 1.51. The minimum Gasteiger partial charge on any atom is -0.320 e. The van der Waals surface area contributed by atoms with Crippen LogP contribution in [0.3, 0.4) is 0 Å². The van der Waals surface area contributed by atoms with Crippen LogP contribution >= 0.6 is 0 Å². The molecule has 1 unspecified atom stereocenters. The lowest BCUT2D eigenvalue weighted by atomic mass is 10.0. The summed E-state index contributed by atoms with van der Waals surface area (Å²) in [4.78, 5) is 0. The van der Waals surface area contributed by atoms with Crippen molar-refractivity contribution in [2.75, 3.05) is 13.6 Å². The first-order valence-corrected chi connectivity index (χ1v) is 5.44. The second kappa shape index (κ2) is 5.81. The highest BCUT2D eigenvalue weighted by atomic mass is 15.3. The van der Waals surface area contributed by atoms with Gasteiger partial charge in [0, 0.05) is 12.7 Å². The Hall–Kier alpha value is -0.830. The van der Waals surface area contributed by atoms with E-state index < -0.39 is 0 Å². The van der Waals surface area contributed by atoms with Crippen LogP contribution in [0.4, 0.5) is 0 Å². The standard InChI is InChI=1S/C11H21N3/c1-4-7-14-9-11(8-13-14)10(2)5-6-12-3/h8-10,12H,4-7H2,1-3H3. The van der Waals surface area contributed by atoms with E-state index in [1.54, 1.807) is 0 Å². The Labute approximate surface area is 86.5 Å². The molecule has 0 amide bonds. The maximum atomic E-state index is 4.33. The summed E-state index contributed by atoms with van der Waals surface area (Å²) >= 11 is 0. The van der Waals surface area contributed by atoms with Crippen molar-refractivity contribution in [1.29, 1.82) is 0 Å². The van der Waals surface area contributed by atoms with E-state index in [1.165, 1.54) is 12.0 Å². The SMILES string of the molecule is CCCn1cc(C(C)CCNC)cn1. The van der Waals surface area contributed by atoms with Gasteiger partial charge in [-0.15, -0.1) is 0 Å². The van der Waals surface area contributed by atoms with Gasteiger partial charge < -0.3 is 5.32 Å². The average Bonchev–Trinajstić information content (AvgIpc) is 2.63. The van der Waals surface area contributed by atoms with Gasteiger partial charge in [-0.05, 0) is 37.9 Å². The molecule has 0 radical (unpaired) electrons. The van der Waals surface area contributed by atoms with Crippen molar-refractivity contribution < 1.29 is 0 Å². The lowest BCUT2D eigenvalue weighted by Gasteiger charge is -2.07. The van der Waals surface area contributed by atoms with Crippen LogP contribution in [-0.2, 0) is 6.54 Å². The van der Waals surface area contributed by atoms with Crippen LogP contribution in [0.25, 0.3) is 0 Å². The average molecular weight is 195 g/mol. The molecular weight excluding hydrogens is 174 g/mol. The summed E-state index contributed by atoms with van der Waals surface area (Å²) in [7, 11) is 1.99. The van der Waals surface area contributed by atoms with Crippen LogP contribution in [0.15, 0.2) is 12.4 Å². The number of nitrogens with one attached hydrogen (secondary N) is 1. The van der Waals surface area contributed by atoms with Crippen molar-refractivity contribution in [1.82, 2.24) is 15.1 Å². The van der Waals surface area contributed by atoms with E-state index in [2.05, 4.69) is 30.5 Å². The molecule has 0 aliphatic heterocycles. The minimum absolute atomic E-state index is 0.605. The summed E-state index contributed by atoms with van der Waals surface area (Å²) < 4.78 is 2.03. The van der Waals surface area contributed by atoms with Gasteiger partial charge in [0.05, 0.1) is 6.20 Å². The van der Waals surface area contributed by atoms with Crippen molar-refractivity contribution in [3.8, 4) is 0 Å². The predicted molar refractivity (Wildman–Crippen MR) is 59.5 cm³/mol. The van der Waals surface area contributed by atoms with Gasteiger partial charge in [0.1, 0.15) is 0 Å². The van der Waals surface area contributed by atoms with Crippen molar-refractivity contribution >= 4 is 0 Å².